The van der Waals surface area contributed by atoms with Crippen molar-refractivity contribution < 1.29 is 0 Å². The summed E-state index contributed by atoms with van der Waals surface area (Å²) in [5, 5.41) is 4.41. The van der Waals surface area contributed by atoms with Crippen LogP contribution in [0.4, 0.5) is 5.82 Å². The van der Waals surface area contributed by atoms with E-state index in [2.05, 4.69) is 82.6 Å². The highest BCUT2D eigenvalue weighted by Gasteiger charge is 2.34. The van der Waals surface area contributed by atoms with E-state index in [9.17, 15) is 0 Å². The summed E-state index contributed by atoms with van der Waals surface area (Å²) in [6.45, 7) is 12.9. The molecule has 0 amide bonds. The molecule has 5 rings (SSSR count). The molecule has 6 nitrogen and oxygen atoms in total. The Labute approximate surface area is 166 Å². The van der Waals surface area contributed by atoms with Crippen molar-refractivity contribution in [1.82, 2.24) is 24.6 Å². The maximum Gasteiger partial charge on any atom is 0.137 e. The molecule has 0 saturated carbocycles. The molecule has 2 aliphatic heterocycles. The van der Waals surface area contributed by atoms with Crippen LogP contribution in [0.5, 0.6) is 0 Å². The molecule has 0 saturated heterocycles. The van der Waals surface area contributed by atoms with Gasteiger partial charge in [-0.2, -0.15) is 5.10 Å². The van der Waals surface area contributed by atoms with Gasteiger partial charge in [-0.15, -0.1) is 0 Å². The second-order valence-corrected chi connectivity index (χ2v) is 8.71. The van der Waals surface area contributed by atoms with Crippen LogP contribution in [0.2, 0.25) is 0 Å². The van der Waals surface area contributed by atoms with Crippen molar-refractivity contribution in [3.63, 3.8) is 0 Å². The standard InChI is InChI=1S/C22H28N6/c1-15(2)26-13-18-19(14-26)25-21(24-18)16-5-7-17(8-6-16)22(3,4)27-11-12-28-20(27)9-10-23-28/h5-10,15H,11-14H2,1-4H3,(H,24,25). The van der Waals surface area contributed by atoms with Crippen molar-refractivity contribution >= 4 is 5.82 Å². The van der Waals surface area contributed by atoms with Crippen molar-refractivity contribution in [2.24, 2.45) is 0 Å². The summed E-state index contributed by atoms with van der Waals surface area (Å²) in [5.41, 5.74) is 4.82. The maximum atomic E-state index is 4.87. The molecule has 0 radical (unpaired) electrons. The van der Waals surface area contributed by atoms with Gasteiger partial charge >= 0.3 is 0 Å². The molecule has 1 aromatic carbocycles. The largest absolute Gasteiger partial charge is 0.346 e. The topological polar surface area (TPSA) is 53.0 Å². The number of benzene rings is 1. The first-order valence-corrected chi connectivity index (χ1v) is 10.2. The molecule has 0 aliphatic carbocycles. The van der Waals surface area contributed by atoms with Crippen molar-refractivity contribution in [3.8, 4) is 11.4 Å². The summed E-state index contributed by atoms with van der Waals surface area (Å²) >= 11 is 0. The van der Waals surface area contributed by atoms with Crippen molar-refractivity contribution in [2.45, 2.75) is 58.9 Å². The molecule has 146 valence electrons. The molecule has 0 atom stereocenters. The number of hydrogen-bond donors (Lipinski definition) is 1. The first kappa shape index (κ1) is 17.5. The lowest BCUT2D eigenvalue weighted by atomic mass is 9.91. The van der Waals surface area contributed by atoms with Crippen LogP contribution in [0, 0.1) is 0 Å². The van der Waals surface area contributed by atoms with E-state index in [4.69, 9.17) is 4.98 Å². The third-order valence-corrected chi connectivity index (χ3v) is 6.35. The van der Waals surface area contributed by atoms with Gasteiger partial charge in [0.05, 0.1) is 29.7 Å². The van der Waals surface area contributed by atoms with Gasteiger partial charge in [-0.25, -0.2) is 9.67 Å². The number of nitrogens with one attached hydrogen (secondary N) is 1. The third kappa shape index (κ3) is 2.66. The van der Waals surface area contributed by atoms with Crippen LogP contribution in [-0.4, -0.2) is 37.2 Å². The van der Waals surface area contributed by atoms with Crippen LogP contribution in [-0.2, 0) is 25.2 Å². The molecule has 1 N–H and O–H groups in total. The fraction of sp³-hybridized carbons (Fsp3) is 0.455. The molecular weight excluding hydrogens is 348 g/mol. The molecule has 3 aromatic rings. The van der Waals surface area contributed by atoms with Crippen LogP contribution < -0.4 is 4.90 Å². The van der Waals surface area contributed by atoms with E-state index in [-0.39, 0.29) is 5.54 Å². The number of aromatic amines is 1. The SMILES string of the molecule is CC(C)N1Cc2nc(-c3ccc(C(C)(C)N4CCn5nccc54)cc3)[nH]c2C1. The molecule has 6 heteroatoms. The molecular formula is C22H28N6. The molecule has 4 heterocycles. The zero-order valence-corrected chi connectivity index (χ0v) is 17.1. The van der Waals surface area contributed by atoms with Gasteiger partial charge in [-0.05, 0) is 33.3 Å². The van der Waals surface area contributed by atoms with E-state index in [0.717, 1.165) is 37.6 Å². The normalized spacial score (nSPS) is 16.8. The lowest BCUT2D eigenvalue weighted by Crippen LogP contribution is -2.40. The van der Waals surface area contributed by atoms with Gasteiger partial charge in [0.2, 0.25) is 0 Å². The predicted molar refractivity (Wildman–Crippen MR) is 111 cm³/mol. The van der Waals surface area contributed by atoms with E-state index in [1.165, 1.54) is 22.8 Å². The predicted octanol–water partition coefficient (Wildman–Crippen LogP) is 3.75. The Hall–Kier alpha value is -2.60. The van der Waals surface area contributed by atoms with Crippen LogP contribution >= 0.6 is 0 Å². The van der Waals surface area contributed by atoms with Crippen LogP contribution in [0.25, 0.3) is 11.4 Å². The quantitative estimate of drug-likeness (QED) is 0.753. The Morgan fingerprint density at radius 2 is 1.82 bits per heavy atom. The van der Waals surface area contributed by atoms with Crippen LogP contribution in [0.3, 0.4) is 0 Å². The van der Waals surface area contributed by atoms with Gasteiger partial charge in [-0.3, -0.25) is 4.90 Å². The van der Waals surface area contributed by atoms with Crippen LogP contribution in [0.15, 0.2) is 36.5 Å². The Morgan fingerprint density at radius 3 is 2.54 bits per heavy atom. The Balaban J connectivity index is 1.38. The maximum absolute atomic E-state index is 4.87. The number of fused-ring (bicyclic) bond motifs is 2. The van der Waals surface area contributed by atoms with Crippen LogP contribution in [0.1, 0.15) is 44.6 Å². The first-order chi connectivity index (χ1) is 13.4. The molecule has 0 spiro atoms. The van der Waals surface area contributed by atoms with E-state index in [0.29, 0.717) is 6.04 Å². The van der Waals surface area contributed by atoms with Gasteiger partial charge in [0, 0.05) is 37.3 Å². The summed E-state index contributed by atoms with van der Waals surface area (Å²) in [7, 11) is 0. The van der Waals surface area contributed by atoms with Crippen molar-refractivity contribution in [2.75, 3.05) is 11.4 Å². The number of aromatic nitrogens is 4. The summed E-state index contributed by atoms with van der Waals surface area (Å²) in [6.07, 6.45) is 1.89. The average molecular weight is 377 g/mol. The number of nitrogens with zero attached hydrogens (tertiary/aromatic N) is 5. The Kier molecular flexibility index (Phi) is 3.88. The molecule has 0 unspecified atom stereocenters. The number of hydrogen-bond acceptors (Lipinski definition) is 4. The Bertz CT molecular complexity index is 971. The summed E-state index contributed by atoms with van der Waals surface area (Å²) in [6, 6.07) is 11.5. The number of H-pyrrole nitrogens is 1. The van der Waals surface area contributed by atoms with Crippen molar-refractivity contribution in [3.05, 3.63) is 53.5 Å². The average Bonchev–Trinajstić information content (AvgIpc) is 3.40. The smallest absolute Gasteiger partial charge is 0.137 e. The summed E-state index contributed by atoms with van der Waals surface area (Å²) in [5.74, 6) is 2.18. The van der Waals surface area contributed by atoms with Gasteiger partial charge in [-0.1, -0.05) is 24.3 Å². The minimum atomic E-state index is -0.0878. The highest BCUT2D eigenvalue weighted by Crippen LogP contribution is 2.36. The molecule has 2 aliphatic rings. The molecule has 0 fully saturated rings. The lowest BCUT2D eigenvalue weighted by molar-refractivity contribution is 0.224. The van der Waals surface area contributed by atoms with Gasteiger partial charge in [0.25, 0.3) is 0 Å². The Morgan fingerprint density at radius 1 is 1.04 bits per heavy atom. The second-order valence-electron chi connectivity index (χ2n) is 8.71. The van der Waals surface area contributed by atoms with E-state index >= 15 is 0 Å². The van der Waals surface area contributed by atoms with Gasteiger partial charge in [0.1, 0.15) is 11.6 Å². The zero-order chi connectivity index (χ0) is 19.5. The monoisotopic (exact) mass is 376 g/mol. The summed E-state index contributed by atoms with van der Waals surface area (Å²) < 4.78 is 2.08. The molecule has 2 aromatic heterocycles. The fourth-order valence-electron chi connectivity index (χ4n) is 4.45. The third-order valence-electron chi connectivity index (χ3n) is 6.35. The number of rotatable bonds is 4. The van der Waals surface area contributed by atoms with Gasteiger partial charge < -0.3 is 9.88 Å². The van der Waals surface area contributed by atoms with Gasteiger partial charge in [0.15, 0.2) is 0 Å². The van der Waals surface area contributed by atoms with E-state index < -0.39 is 0 Å². The highest BCUT2D eigenvalue weighted by molar-refractivity contribution is 5.58. The van der Waals surface area contributed by atoms with E-state index in [1.54, 1.807) is 0 Å². The molecule has 28 heavy (non-hydrogen) atoms. The minimum Gasteiger partial charge on any atom is -0.346 e. The summed E-state index contributed by atoms with van der Waals surface area (Å²) in [4.78, 5) is 13.3. The zero-order valence-electron chi connectivity index (χ0n) is 17.1. The van der Waals surface area contributed by atoms with E-state index in [1.807, 2.05) is 6.20 Å². The second kappa shape index (κ2) is 6.21. The minimum absolute atomic E-state index is 0.0878. The van der Waals surface area contributed by atoms with Crippen molar-refractivity contribution in [1.29, 1.82) is 0 Å². The molecule has 0 bridgehead atoms. The highest BCUT2D eigenvalue weighted by atomic mass is 15.4. The first-order valence-electron chi connectivity index (χ1n) is 10.2. The number of anilines is 1. The number of imidazole rings is 1. The fourth-order valence-corrected chi connectivity index (χ4v) is 4.45. The lowest BCUT2D eigenvalue weighted by Gasteiger charge is -2.37.